The molecule has 0 radical (unpaired) electrons. The van der Waals surface area contributed by atoms with Gasteiger partial charge in [-0.15, -0.1) is 0 Å². The molecule has 132 valence electrons. The van der Waals surface area contributed by atoms with E-state index in [0.717, 1.165) is 30.7 Å². The second kappa shape index (κ2) is 7.21. The third kappa shape index (κ3) is 3.65. The molecular formula is C20H25N3O2. The Hall–Kier alpha value is -2.43. The molecule has 0 unspecified atom stereocenters. The molecule has 2 aromatic heterocycles. The second-order valence-electron chi connectivity index (χ2n) is 7.20. The van der Waals surface area contributed by atoms with Crippen LogP contribution in [0.25, 0.3) is 0 Å². The average molecular weight is 339 g/mol. The van der Waals surface area contributed by atoms with Gasteiger partial charge in [0.1, 0.15) is 5.56 Å². The van der Waals surface area contributed by atoms with Crippen LogP contribution in [-0.4, -0.2) is 27.3 Å². The second-order valence-corrected chi connectivity index (χ2v) is 7.20. The first-order valence-electron chi connectivity index (χ1n) is 8.91. The number of nitrogens with one attached hydrogen (secondary N) is 1. The standard InChI is InChI=1S/C20H25N3O2/c1-13(2)12-23(20(25)16-11-22-14(3)10-18(16)24)17-8-4-6-15-7-5-9-21-19(15)17/h5,7,9-11,13,17H,4,6,8,12H2,1-3H3,(H,22,24)/t17-/m0/s1. The van der Waals surface area contributed by atoms with Crippen molar-refractivity contribution in [2.75, 3.05) is 6.54 Å². The summed E-state index contributed by atoms with van der Waals surface area (Å²) in [5.74, 6) is 0.0982. The number of fused-ring (bicyclic) bond motifs is 1. The molecule has 0 spiro atoms. The van der Waals surface area contributed by atoms with Gasteiger partial charge < -0.3 is 9.88 Å². The fourth-order valence-electron chi connectivity index (χ4n) is 3.53. The molecule has 0 bridgehead atoms. The summed E-state index contributed by atoms with van der Waals surface area (Å²) < 4.78 is 0. The predicted molar refractivity (Wildman–Crippen MR) is 97.6 cm³/mol. The third-order valence-electron chi connectivity index (χ3n) is 4.65. The van der Waals surface area contributed by atoms with Crippen LogP contribution >= 0.6 is 0 Å². The van der Waals surface area contributed by atoms with Crippen molar-refractivity contribution < 1.29 is 4.79 Å². The van der Waals surface area contributed by atoms with Crippen molar-refractivity contribution in [3.8, 4) is 0 Å². The van der Waals surface area contributed by atoms with Gasteiger partial charge in [-0.1, -0.05) is 19.9 Å². The van der Waals surface area contributed by atoms with Crippen LogP contribution in [0.4, 0.5) is 0 Å². The maximum Gasteiger partial charge on any atom is 0.259 e. The Balaban J connectivity index is 2.01. The van der Waals surface area contributed by atoms with Crippen molar-refractivity contribution >= 4 is 5.91 Å². The Kier molecular flexibility index (Phi) is 5.02. The first-order valence-corrected chi connectivity index (χ1v) is 8.91. The average Bonchev–Trinajstić information content (AvgIpc) is 2.58. The van der Waals surface area contributed by atoms with Gasteiger partial charge in [-0.3, -0.25) is 14.6 Å². The van der Waals surface area contributed by atoms with Crippen LogP contribution < -0.4 is 5.43 Å². The molecule has 0 saturated heterocycles. The SMILES string of the molecule is Cc1cc(=O)c(C(=O)N(CC(C)C)[C@H]2CCCc3cccnc32)c[nH]1. The van der Waals surface area contributed by atoms with Gasteiger partial charge >= 0.3 is 0 Å². The minimum atomic E-state index is -0.230. The molecular weight excluding hydrogens is 314 g/mol. The van der Waals surface area contributed by atoms with E-state index >= 15 is 0 Å². The number of carbonyl (C=O) groups excluding carboxylic acids is 1. The molecule has 1 N–H and O–H groups in total. The fourth-order valence-corrected chi connectivity index (χ4v) is 3.53. The van der Waals surface area contributed by atoms with E-state index in [-0.39, 0.29) is 22.9 Å². The normalized spacial score (nSPS) is 16.6. The number of carbonyl (C=O) groups is 1. The van der Waals surface area contributed by atoms with Crippen molar-refractivity contribution in [2.45, 2.75) is 46.1 Å². The molecule has 5 nitrogen and oxygen atoms in total. The van der Waals surface area contributed by atoms with Crippen molar-refractivity contribution in [3.63, 3.8) is 0 Å². The highest BCUT2D eigenvalue weighted by molar-refractivity contribution is 5.94. The van der Waals surface area contributed by atoms with E-state index in [9.17, 15) is 9.59 Å². The number of aromatic nitrogens is 2. The lowest BCUT2D eigenvalue weighted by atomic mass is 9.90. The summed E-state index contributed by atoms with van der Waals surface area (Å²) in [6.07, 6.45) is 6.22. The van der Waals surface area contributed by atoms with E-state index < -0.39 is 0 Å². The van der Waals surface area contributed by atoms with Crippen molar-refractivity contribution in [1.82, 2.24) is 14.9 Å². The smallest absolute Gasteiger partial charge is 0.259 e. The monoisotopic (exact) mass is 339 g/mol. The van der Waals surface area contributed by atoms with Gasteiger partial charge in [0.05, 0.1) is 11.7 Å². The van der Waals surface area contributed by atoms with Gasteiger partial charge in [0.15, 0.2) is 5.43 Å². The quantitative estimate of drug-likeness (QED) is 0.930. The largest absolute Gasteiger partial charge is 0.364 e. The highest BCUT2D eigenvalue weighted by atomic mass is 16.2. The Labute approximate surface area is 148 Å². The zero-order chi connectivity index (χ0) is 18.0. The first-order chi connectivity index (χ1) is 12.0. The van der Waals surface area contributed by atoms with Crippen LogP contribution in [0.15, 0.2) is 35.4 Å². The van der Waals surface area contributed by atoms with Crippen molar-refractivity contribution in [3.05, 3.63) is 63.3 Å². The molecule has 3 rings (SSSR count). The third-order valence-corrected chi connectivity index (χ3v) is 4.65. The lowest BCUT2D eigenvalue weighted by Crippen LogP contribution is -2.41. The fraction of sp³-hybridized carbons (Fsp3) is 0.450. The van der Waals surface area contributed by atoms with Gasteiger partial charge in [0, 0.05) is 30.7 Å². The number of aryl methyl sites for hydroxylation is 2. The maximum atomic E-state index is 13.2. The number of pyridine rings is 2. The molecule has 1 aliphatic carbocycles. The van der Waals surface area contributed by atoms with E-state index in [0.29, 0.717) is 12.5 Å². The van der Waals surface area contributed by atoms with Crippen LogP contribution in [0.2, 0.25) is 0 Å². The lowest BCUT2D eigenvalue weighted by Gasteiger charge is -2.36. The van der Waals surface area contributed by atoms with E-state index in [4.69, 9.17) is 0 Å². The van der Waals surface area contributed by atoms with Crippen LogP contribution in [0.1, 0.15) is 60.0 Å². The van der Waals surface area contributed by atoms with E-state index in [2.05, 4.69) is 29.9 Å². The molecule has 2 aromatic rings. The minimum Gasteiger partial charge on any atom is -0.364 e. The summed E-state index contributed by atoms with van der Waals surface area (Å²) in [6, 6.07) is 5.44. The van der Waals surface area contributed by atoms with Crippen molar-refractivity contribution in [1.29, 1.82) is 0 Å². The Bertz CT molecular complexity index is 826. The van der Waals surface area contributed by atoms with Gasteiger partial charge in [-0.2, -0.15) is 0 Å². The summed E-state index contributed by atoms with van der Waals surface area (Å²) in [5.41, 5.74) is 2.91. The predicted octanol–water partition coefficient (Wildman–Crippen LogP) is 3.25. The van der Waals surface area contributed by atoms with E-state index in [1.54, 1.807) is 6.20 Å². The van der Waals surface area contributed by atoms with Gasteiger partial charge in [-0.05, 0) is 43.7 Å². The maximum absolute atomic E-state index is 13.2. The Morgan fingerprint density at radius 1 is 1.44 bits per heavy atom. The summed E-state index contributed by atoms with van der Waals surface area (Å²) in [5, 5.41) is 0. The lowest BCUT2D eigenvalue weighted by molar-refractivity contribution is 0.0621. The number of amides is 1. The molecule has 1 amide bonds. The minimum absolute atomic E-state index is 0.0689. The first kappa shape index (κ1) is 17.4. The van der Waals surface area contributed by atoms with E-state index in [1.165, 1.54) is 17.8 Å². The zero-order valence-electron chi connectivity index (χ0n) is 15.1. The molecule has 1 aliphatic rings. The van der Waals surface area contributed by atoms with Crippen LogP contribution in [0.3, 0.4) is 0 Å². The summed E-state index contributed by atoms with van der Waals surface area (Å²) in [7, 11) is 0. The van der Waals surface area contributed by atoms with Crippen LogP contribution in [0.5, 0.6) is 0 Å². The van der Waals surface area contributed by atoms with Gasteiger partial charge in [0.25, 0.3) is 5.91 Å². The molecule has 5 heteroatoms. The molecule has 25 heavy (non-hydrogen) atoms. The summed E-state index contributed by atoms with van der Waals surface area (Å²) in [4.78, 5) is 34.9. The highest BCUT2D eigenvalue weighted by Crippen LogP contribution is 2.33. The van der Waals surface area contributed by atoms with Gasteiger partial charge in [-0.25, -0.2) is 0 Å². The summed E-state index contributed by atoms with van der Waals surface area (Å²) >= 11 is 0. The number of aromatic amines is 1. The number of hydrogen-bond donors (Lipinski definition) is 1. The number of rotatable bonds is 4. The Morgan fingerprint density at radius 2 is 2.24 bits per heavy atom. The Morgan fingerprint density at radius 3 is 2.96 bits per heavy atom. The number of nitrogens with zero attached hydrogens (tertiary/aromatic N) is 2. The molecule has 2 heterocycles. The topological polar surface area (TPSA) is 66.1 Å². The number of hydrogen-bond acceptors (Lipinski definition) is 3. The molecule has 0 aromatic carbocycles. The highest BCUT2D eigenvalue weighted by Gasteiger charge is 2.32. The van der Waals surface area contributed by atoms with Crippen molar-refractivity contribution in [2.24, 2.45) is 5.92 Å². The molecule has 0 saturated carbocycles. The molecule has 0 aliphatic heterocycles. The summed E-state index contributed by atoms with van der Waals surface area (Å²) in [6.45, 7) is 6.58. The van der Waals surface area contributed by atoms with Gasteiger partial charge in [0.2, 0.25) is 0 Å². The molecule has 0 fully saturated rings. The molecule has 1 atom stereocenters. The zero-order valence-corrected chi connectivity index (χ0v) is 15.1. The van der Waals surface area contributed by atoms with Crippen LogP contribution in [-0.2, 0) is 6.42 Å². The van der Waals surface area contributed by atoms with Crippen LogP contribution in [0, 0.1) is 12.8 Å². The number of H-pyrrole nitrogens is 1. The van der Waals surface area contributed by atoms with E-state index in [1.807, 2.05) is 17.9 Å².